The second-order valence-corrected chi connectivity index (χ2v) is 7.81. The van der Waals surface area contributed by atoms with Crippen LogP contribution in [0.3, 0.4) is 0 Å². The van der Waals surface area contributed by atoms with E-state index >= 15 is 0 Å². The van der Waals surface area contributed by atoms with E-state index in [0.717, 1.165) is 32.1 Å². The summed E-state index contributed by atoms with van der Waals surface area (Å²) in [6, 6.07) is 0. The Balaban J connectivity index is 3.52. The lowest BCUT2D eigenvalue weighted by molar-refractivity contribution is -0.149. The minimum atomic E-state index is -0.700. The van der Waals surface area contributed by atoms with Gasteiger partial charge in [-0.25, -0.2) is 0 Å². The summed E-state index contributed by atoms with van der Waals surface area (Å²) in [5, 5.41) is 18.7. The number of esters is 1. The number of aliphatic hydroxyl groups excluding tert-OH is 2. The standard InChI is InChI=1S/C24H44O4/c1-3-5-6-7-8-9-10-11-12-13-14-15-16-17-18-19-23(27)28-22-24(4-2,20-25)21-26/h8-9,11-12,25-26H,3-7,10,13-22H2,1-2H3/b9-8+,12-11+. The van der Waals surface area contributed by atoms with Crippen LogP contribution in [0.25, 0.3) is 0 Å². The van der Waals surface area contributed by atoms with Crippen LogP contribution < -0.4 is 0 Å². The van der Waals surface area contributed by atoms with Crippen molar-refractivity contribution >= 4 is 5.97 Å². The van der Waals surface area contributed by atoms with E-state index in [2.05, 4.69) is 31.2 Å². The molecule has 0 spiro atoms. The Bertz CT molecular complexity index is 403. The predicted octanol–water partition coefficient (Wildman–Crippen LogP) is 5.72. The maximum atomic E-state index is 11.8. The second-order valence-electron chi connectivity index (χ2n) is 7.81. The van der Waals surface area contributed by atoms with Gasteiger partial charge in [-0.05, 0) is 44.9 Å². The van der Waals surface area contributed by atoms with Gasteiger partial charge >= 0.3 is 5.97 Å². The van der Waals surface area contributed by atoms with E-state index in [4.69, 9.17) is 4.74 Å². The van der Waals surface area contributed by atoms with Crippen molar-refractivity contribution < 1.29 is 19.7 Å². The number of ether oxygens (including phenoxy) is 1. The van der Waals surface area contributed by atoms with Gasteiger partial charge in [0.15, 0.2) is 0 Å². The van der Waals surface area contributed by atoms with Gasteiger partial charge in [0.1, 0.15) is 6.61 Å². The Hall–Kier alpha value is -1.13. The molecular formula is C24H44O4. The second kappa shape index (κ2) is 19.2. The van der Waals surface area contributed by atoms with E-state index in [9.17, 15) is 15.0 Å². The highest BCUT2D eigenvalue weighted by Crippen LogP contribution is 2.21. The van der Waals surface area contributed by atoms with Gasteiger partial charge in [0.2, 0.25) is 0 Å². The number of carbonyl (C=O) groups excluding carboxylic acids is 1. The van der Waals surface area contributed by atoms with Gasteiger partial charge in [-0.1, -0.05) is 70.3 Å². The van der Waals surface area contributed by atoms with Gasteiger partial charge in [0.05, 0.1) is 18.6 Å². The largest absolute Gasteiger partial charge is 0.465 e. The third-order valence-corrected chi connectivity index (χ3v) is 5.29. The molecule has 4 heteroatoms. The van der Waals surface area contributed by atoms with Gasteiger partial charge in [0.25, 0.3) is 0 Å². The monoisotopic (exact) mass is 396 g/mol. The summed E-state index contributed by atoms with van der Waals surface area (Å²) < 4.78 is 5.23. The number of allylic oxidation sites excluding steroid dienone is 4. The molecule has 0 aliphatic heterocycles. The van der Waals surface area contributed by atoms with E-state index in [1.807, 2.05) is 6.92 Å². The highest BCUT2D eigenvalue weighted by Gasteiger charge is 2.28. The van der Waals surface area contributed by atoms with Gasteiger partial charge in [0, 0.05) is 6.42 Å². The van der Waals surface area contributed by atoms with Crippen molar-refractivity contribution in [1.82, 2.24) is 0 Å². The zero-order valence-corrected chi connectivity index (χ0v) is 18.3. The molecule has 0 rings (SSSR count). The molecular weight excluding hydrogens is 352 g/mol. The minimum absolute atomic E-state index is 0.0929. The van der Waals surface area contributed by atoms with Crippen molar-refractivity contribution in [3.05, 3.63) is 24.3 Å². The first-order chi connectivity index (χ1) is 13.6. The highest BCUT2D eigenvalue weighted by molar-refractivity contribution is 5.69. The summed E-state index contributed by atoms with van der Waals surface area (Å²) in [6.45, 7) is 3.86. The quantitative estimate of drug-likeness (QED) is 0.166. The van der Waals surface area contributed by atoms with E-state index in [1.165, 1.54) is 38.5 Å². The number of aliphatic hydroxyl groups is 2. The fourth-order valence-corrected chi connectivity index (χ4v) is 2.85. The number of carbonyl (C=O) groups is 1. The predicted molar refractivity (Wildman–Crippen MR) is 117 cm³/mol. The lowest BCUT2D eigenvalue weighted by atomic mass is 9.88. The molecule has 28 heavy (non-hydrogen) atoms. The van der Waals surface area contributed by atoms with E-state index < -0.39 is 5.41 Å². The number of unbranched alkanes of at least 4 members (excludes halogenated alkanes) is 8. The lowest BCUT2D eigenvalue weighted by Gasteiger charge is -2.27. The zero-order chi connectivity index (χ0) is 20.9. The Morgan fingerprint density at radius 1 is 0.821 bits per heavy atom. The normalized spacial score (nSPS) is 12.3. The average Bonchev–Trinajstić information content (AvgIpc) is 2.72. The van der Waals surface area contributed by atoms with Crippen LogP contribution in [0.4, 0.5) is 0 Å². The van der Waals surface area contributed by atoms with Crippen LogP contribution in [-0.4, -0.2) is 36.0 Å². The van der Waals surface area contributed by atoms with Gasteiger partial charge in [-0.2, -0.15) is 0 Å². The van der Waals surface area contributed by atoms with Crippen LogP contribution in [0.15, 0.2) is 24.3 Å². The van der Waals surface area contributed by atoms with Gasteiger partial charge in [-0.3, -0.25) is 4.79 Å². The summed E-state index contributed by atoms with van der Waals surface area (Å²) in [4.78, 5) is 11.8. The Labute approximate surface area is 173 Å². The lowest BCUT2D eigenvalue weighted by Crippen LogP contribution is -2.35. The number of hydrogen-bond acceptors (Lipinski definition) is 4. The molecule has 164 valence electrons. The molecule has 0 aliphatic carbocycles. The molecule has 0 aromatic carbocycles. The molecule has 0 bridgehead atoms. The van der Waals surface area contributed by atoms with Crippen molar-refractivity contribution in [1.29, 1.82) is 0 Å². The van der Waals surface area contributed by atoms with Crippen molar-refractivity contribution in [2.45, 2.75) is 97.3 Å². The molecule has 0 aliphatic rings. The Kier molecular flexibility index (Phi) is 18.4. The molecule has 2 N–H and O–H groups in total. The SMILES string of the molecule is CCCCC/C=C/C/C=C/CCCCCCCC(=O)OCC(CC)(CO)CO. The van der Waals surface area contributed by atoms with Crippen LogP contribution in [-0.2, 0) is 9.53 Å². The molecule has 0 unspecified atom stereocenters. The summed E-state index contributed by atoms with van der Waals surface area (Å²) in [5.41, 5.74) is -0.700. The molecule has 0 aromatic heterocycles. The van der Waals surface area contributed by atoms with Gasteiger partial charge < -0.3 is 14.9 Å². The maximum Gasteiger partial charge on any atom is 0.305 e. The molecule has 4 nitrogen and oxygen atoms in total. The highest BCUT2D eigenvalue weighted by atomic mass is 16.5. The summed E-state index contributed by atoms with van der Waals surface area (Å²) in [6.07, 6.45) is 22.8. The van der Waals surface area contributed by atoms with Crippen LogP contribution in [0.2, 0.25) is 0 Å². The molecule has 0 heterocycles. The summed E-state index contributed by atoms with van der Waals surface area (Å²) in [7, 11) is 0. The van der Waals surface area contributed by atoms with Crippen LogP contribution >= 0.6 is 0 Å². The minimum Gasteiger partial charge on any atom is -0.465 e. The fourth-order valence-electron chi connectivity index (χ4n) is 2.85. The molecule has 0 radical (unpaired) electrons. The topological polar surface area (TPSA) is 66.8 Å². The Morgan fingerprint density at radius 3 is 1.96 bits per heavy atom. The van der Waals surface area contributed by atoms with E-state index in [0.29, 0.717) is 12.8 Å². The first-order valence-electron chi connectivity index (χ1n) is 11.3. The van der Waals surface area contributed by atoms with Crippen LogP contribution in [0.1, 0.15) is 97.3 Å². The van der Waals surface area contributed by atoms with E-state index in [1.54, 1.807) is 0 Å². The smallest absolute Gasteiger partial charge is 0.305 e. The number of rotatable bonds is 19. The van der Waals surface area contributed by atoms with Crippen LogP contribution in [0, 0.1) is 5.41 Å². The third kappa shape index (κ3) is 14.9. The third-order valence-electron chi connectivity index (χ3n) is 5.29. The van der Waals surface area contributed by atoms with Crippen molar-refractivity contribution in [2.75, 3.05) is 19.8 Å². The van der Waals surface area contributed by atoms with E-state index in [-0.39, 0.29) is 25.8 Å². The fraction of sp³-hybridized carbons (Fsp3) is 0.792. The molecule has 0 atom stereocenters. The van der Waals surface area contributed by atoms with Crippen LogP contribution in [0.5, 0.6) is 0 Å². The van der Waals surface area contributed by atoms with Crippen molar-refractivity contribution in [3.63, 3.8) is 0 Å². The van der Waals surface area contributed by atoms with Crippen molar-refractivity contribution in [3.8, 4) is 0 Å². The molecule has 0 fully saturated rings. The molecule has 0 amide bonds. The van der Waals surface area contributed by atoms with Crippen molar-refractivity contribution in [2.24, 2.45) is 5.41 Å². The van der Waals surface area contributed by atoms with Gasteiger partial charge in [-0.15, -0.1) is 0 Å². The molecule has 0 saturated heterocycles. The summed E-state index contributed by atoms with van der Waals surface area (Å²) >= 11 is 0. The maximum absolute atomic E-state index is 11.8. The first kappa shape index (κ1) is 26.9. The summed E-state index contributed by atoms with van der Waals surface area (Å²) in [5.74, 6) is -0.231. The Morgan fingerprint density at radius 2 is 1.39 bits per heavy atom. The molecule has 0 aromatic rings. The zero-order valence-electron chi connectivity index (χ0n) is 18.3. The number of hydrogen-bond donors (Lipinski definition) is 2. The molecule has 0 saturated carbocycles. The first-order valence-corrected chi connectivity index (χ1v) is 11.3. The average molecular weight is 397 g/mol.